The summed E-state index contributed by atoms with van der Waals surface area (Å²) >= 11 is 6.18. The SMILES string of the molecule is O=C(C[C@@H](c1cccc(C(F)(F)F)c1)c1c[nH]c2ccc(Cl)cc12)NCCN1CCOCC1. The number of aromatic nitrogens is 1. The van der Waals surface area contributed by atoms with Crippen molar-refractivity contribution in [1.82, 2.24) is 15.2 Å². The molecule has 1 fully saturated rings. The molecule has 5 nitrogen and oxygen atoms in total. The maximum absolute atomic E-state index is 13.4. The van der Waals surface area contributed by atoms with Crippen LogP contribution in [0.2, 0.25) is 5.02 Å². The van der Waals surface area contributed by atoms with Crippen LogP contribution in [0.15, 0.2) is 48.7 Å². The molecule has 176 valence electrons. The number of nitrogens with one attached hydrogen (secondary N) is 2. The van der Waals surface area contributed by atoms with Crippen molar-refractivity contribution in [2.75, 3.05) is 39.4 Å². The van der Waals surface area contributed by atoms with E-state index in [4.69, 9.17) is 16.3 Å². The number of carbonyl (C=O) groups excluding carboxylic acids is 1. The summed E-state index contributed by atoms with van der Waals surface area (Å²) in [5.74, 6) is -0.787. The fraction of sp³-hybridized carbons (Fsp3) is 0.375. The highest BCUT2D eigenvalue weighted by atomic mass is 35.5. The minimum Gasteiger partial charge on any atom is -0.379 e. The van der Waals surface area contributed by atoms with Crippen LogP contribution in [0.25, 0.3) is 10.9 Å². The first-order valence-corrected chi connectivity index (χ1v) is 11.2. The van der Waals surface area contributed by atoms with E-state index in [1.165, 1.54) is 6.07 Å². The van der Waals surface area contributed by atoms with E-state index in [1.807, 2.05) is 6.07 Å². The molecule has 2 N–H and O–H groups in total. The van der Waals surface area contributed by atoms with E-state index in [9.17, 15) is 18.0 Å². The Labute approximate surface area is 194 Å². The van der Waals surface area contributed by atoms with Crippen molar-refractivity contribution >= 4 is 28.4 Å². The normalized spacial score (nSPS) is 16.1. The van der Waals surface area contributed by atoms with Crippen LogP contribution in [0.1, 0.15) is 29.0 Å². The third-order valence-corrected chi connectivity index (χ3v) is 6.15. The Hall–Kier alpha value is -2.55. The van der Waals surface area contributed by atoms with Gasteiger partial charge >= 0.3 is 6.18 Å². The van der Waals surface area contributed by atoms with Crippen LogP contribution in [0, 0.1) is 0 Å². The summed E-state index contributed by atoms with van der Waals surface area (Å²) < 4.78 is 45.4. The Kier molecular flexibility index (Phi) is 7.26. The predicted molar refractivity (Wildman–Crippen MR) is 121 cm³/mol. The van der Waals surface area contributed by atoms with Crippen molar-refractivity contribution in [3.8, 4) is 0 Å². The van der Waals surface area contributed by atoms with Crippen molar-refractivity contribution in [2.24, 2.45) is 0 Å². The summed E-state index contributed by atoms with van der Waals surface area (Å²) in [4.78, 5) is 18.2. The van der Waals surface area contributed by atoms with Gasteiger partial charge < -0.3 is 15.0 Å². The van der Waals surface area contributed by atoms with E-state index in [2.05, 4.69) is 15.2 Å². The highest BCUT2D eigenvalue weighted by Gasteiger charge is 2.32. The number of hydrogen-bond donors (Lipinski definition) is 2. The Morgan fingerprint density at radius 2 is 1.97 bits per heavy atom. The molecule has 2 aromatic carbocycles. The number of fused-ring (bicyclic) bond motifs is 1. The molecule has 0 unspecified atom stereocenters. The molecule has 1 aromatic heterocycles. The molecule has 4 rings (SSSR count). The van der Waals surface area contributed by atoms with Gasteiger partial charge in [-0.1, -0.05) is 29.8 Å². The average molecular weight is 480 g/mol. The summed E-state index contributed by atoms with van der Waals surface area (Å²) in [6.45, 7) is 4.15. The fourth-order valence-electron chi connectivity index (χ4n) is 4.18. The topological polar surface area (TPSA) is 57.4 Å². The minimum absolute atomic E-state index is 0.0177. The van der Waals surface area contributed by atoms with Crippen LogP contribution < -0.4 is 5.32 Å². The number of morpholine rings is 1. The van der Waals surface area contributed by atoms with Gasteiger partial charge in [0.2, 0.25) is 5.91 Å². The van der Waals surface area contributed by atoms with Gasteiger partial charge in [-0.25, -0.2) is 0 Å². The number of aromatic amines is 1. The maximum atomic E-state index is 13.4. The van der Waals surface area contributed by atoms with Crippen molar-refractivity contribution in [3.63, 3.8) is 0 Å². The van der Waals surface area contributed by atoms with Crippen LogP contribution in [0.3, 0.4) is 0 Å². The van der Waals surface area contributed by atoms with Gasteiger partial charge in [0.15, 0.2) is 0 Å². The summed E-state index contributed by atoms with van der Waals surface area (Å²) in [5.41, 5.74) is 1.22. The number of rotatable bonds is 7. The van der Waals surface area contributed by atoms with Gasteiger partial charge in [-0.15, -0.1) is 0 Å². The molecular weight excluding hydrogens is 455 g/mol. The van der Waals surface area contributed by atoms with Crippen LogP contribution in [0.5, 0.6) is 0 Å². The van der Waals surface area contributed by atoms with Gasteiger partial charge in [0.05, 0.1) is 18.8 Å². The maximum Gasteiger partial charge on any atom is 0.416 e. The van der Waals surface area contributed by atoms with Gasteiger partial charge in [-0.05, 0) is 35.4 Å². The second kappa shape index (κ2) is 10.2. The van der Waals surface area contributed by atoms with Gasteiger partial charge in [-0.3, -0.25) is 9.69 Å². The number of carbonyl (C=O) groups is 1. The van der Waals surface area contributed by atoms with Crippen molar-refractivity contribution < 1.29 is 22.7 Å². The van der Waals surface area contributed by atoms with Crippen molar-refractivity contribution in [2.45, 2.75) is 18.5 Å². The standard InChI is InChI=1S/C24H25ClF3N3O2/c25-18-4-5-22-20(13-18)21(15-30-22)19(16-2-1-3-17(12-16)24(26,27)28)14-23(32)29-6-7-31-8-10-33-11-9-31/h1-5,12-13,15,19,30H,6-11,14H2,(H,29,32)/t19-/m0/s1. The van der Waals surface area contributed by atoms with E-state index < -0.39 is 17.7 Å². The third-order valence-electron chi connectivity index (χ3n) is 5.91. The molecular formula is C24H25ClF3N3O2. The monoisotopic (exact) mass is 479 g/mol. The van der Waals surface area contributed by atoms with Gasteiger partial charge in [0.1, 0.15) is 0 Å². The molecule has 33 heavy (non-hydrogen) atoms. The minimum atomic E-state index is -4.47. The van der Waals surface area contributed by atoms with Crippen LogP contribution in [-0.2, 0) is 15.7 Å². The zero-order valence-electron chi connectivity index (χ0n) is 17.9. The smallest absolute Gasteiger partial charge is 0.379 e. The lowest BCUT2D eigenvalue weighted by Crippen LogP contribution is -2.41. The van der Waals surface area contributed by atoms with E-state index in [0.717, 1.165) is 41.7 Å². The van der Waals surface area contributed by atoms with Crippen molar-refractivity contribution in [1.29, 1.82) is 0 Å². The molecule has 0 bridgehead atoms. The molecule has 1 aliphatic heterocycles. The molecule has 3 aromatic rings. The number of H-pyrrole nitrogens is 1. The number of amides is 1. The van der Waals surface area contributed by atoms with E-state index in [0.29, 0.717) is 36.9 Å². The lowest BCUT2D eigenvalue weighted by Gasteiger charge is -2.26. The Morgan fingerprint density at radius 3 is 2.73 bits per heavy atom. The molecule has 1 aliphatic rings. The summed E-state index contributed by atoms with van der Waals surface area (Å²) in [5, 5.41) is 4.21. The van der Waals surface area contributed by atoms with Crippen molar-refractivity contribution in [3.05, 3.63) is 70.4 Å². The summed E-state index contributed by atoms with van der Waals surface area (Å²) in [7, 11) is 0. The van der Waals surface area contributed by atoms with Gasteiger partial charge in [-0.2, -0.15) is 13.2 Å². The fourth-order valence-corrected chi connectivity index (χ4v) is 4.35. The second-order valence-corrected chi connectivity index (χ2v) is 8.55. The number of nitrogens with zero attached hydrogens (tertiary/aromatic N) is 1. The molecule has 0 spiro atoms. The quantitative estimate of drug-likeness (QED) is 0.511. The Bertz CT molecular complexity index is 1110. The Morgan fingerprint density at radius 1 is 1.18 bits per heavy atom. The molecule has 1 atom stereocenters. The molecule has 1 amide bonds. The molecule has 0 radical (unpaired) electrons. The third kappa shape index (κ3) is 5.88. The Balaban J connectivity index is 1.57. The number of hydrogen-bond acceptors (Lipinski definition) is 3. The first-order chi connectivity index (χ1) is 15.8. The second-order valence-electron chi connectivity index (χ2n) is 8.12. The largest absolute Gasteiger partial charge is 0.416 e. The lowest BCUT2D eigenvalue weighted by molar-refractivity contribution is -0.137. The summed E-state index contributed by atoms with van der Waals surface area (Å²) in [6.07, 6.45) is -2.71. The summed E-state index contributed by atoms with van der Waals surface area (Å²) in [6, 6.07) is 10.5. The predicted octanol–water partition coefficient (Wildman–Crippen LogP) is 4.81. The number of benzene rings is 2. The van der Waals surface area contributed by atoms with Gasteiger partial charge in [0.25, 0.3) is 0 Å². The molecule has 0 aliphatic carbocycles. The van der Waals surface area contributed by atoms with Crippen LogP contribution in [-0.4, -0.2) is 55.2 Å². The van der Waals surface area contributed by atoms with Crippen LogP contribution >= 0.6 is 11.6 Å². The number of ether oxygens (including phenoxy) is 1. The molecule has 9 heteroatoms. The first kappa shape index (κ1) is 23.6. The first-order valence-electron chi connectivity index (χ1n) is 10.8. The van der Waals surface area contributed by atoms with Gasteiger partial charge in [0, 0.05) is 60.6 Å². The average Bonchev–Trinajstić information content (AvgIpc) is 3.20. The van der Waals surface area contributed by atoms with Crippen LogP contribution in [0.4, 0.5) is 13.2 Å². The zero-order valence-corrected chi connectivity index (χ0v) is 18.7. The molecule has 1 saturated heterocycles. The molecule has 2 heterocycles. The highest BCUT2D eigenvalue weighted by Crippen LogP contribution is 2.37. The van der Waals surface area contributed by atoms with E-state index in [-0.39, 0.29) is 12.3 Å². The molecule has 0 saturated carbocycles. The van der Waals surface area contributed by atoms with E-state index in [1.54, 1.807) is 24.4 Å². The van der Waals surface area contributed by atoms with E-state index >= 15 is 0 Å². The lowest BCUT2D eigenvalue weighted by atomic mass is 9.87. The number of alkyl halides is 3. The zero-order chi connectivity index (χ0) is 23.4. The number of halogens is 4. The highest BCUT2D eigenvalue weighted by molar-refractivity contribution is 6.31.